The summed E-state index contributed by atoms with van der Waals surface area (Å²) in [5.41, 5.74) is 4.74. The van der Waals surface area contributed by atoms with E-state index in [1.807, 2.05) is 42.5 Å². The minimum absolute atomic E-state index is 0.0354. The number of hydrogen-bond donors (Lipinski definition) is 1. The molecule has 2 aromatic carbocycles. The van der Waals surface area contributed by atoms with Crippen molar-refractivity contribution in [2.45, 2.75) is 12.3 Å². The molecule has 1 N–H and O–H groups in total. The molecule has 5 nitrogen and oxygen atoms in total. The molecule has 4 rings (SSSR count). The lowest BCUT2D eigenvalue weighted by Gasteiger charge is -2.09. The van der Waals surface area contributed by atoms with Crippen LogP contribution in [0.25, 0.3) is 11.0 Å². The Morgan fingerprint density at radius 2 is 1.74 bits per heavy atom. The van der Waals surface area contributed by atoms with E-state index < -0.39 is 0 Å². The molecule has 0 spiro atoms. The number of nitrogens with one attached hydrogen (secondary N) is 1. The van der Waals surface area contributed by atoms with Crippen LogP contribution in [0.1, 0.15) is 17.0 Å². The molecule has 1 aliphatic heterocycles. The lowest BCUT2D eigenvalue weighted by Crippen LogP contribution is -2.19. The minimum atomic E-state index is -0.176. The number of carbonyl (C=O) groups excluding carboxylic acids is 1. The number of aryl methyl sites for hydroxylation is 2. The molecule has 0 saturated heterocycles. The Morgan fingerprint density at radius 3 is 2.57 bits per heavy atom. The van der Waals surface area contributed by atoms with Gasteiger partial charge in [0.2, 0.25) is 5.91 Å². The van der Waals surface area contributed by atoms with E-state index in [1.54, 1.807) is 23.2 Å². The van der Waals surface area contributed by atoms with Crippen molar-refractivity contribution in [3.63, 3.8) is 0 Å². The standard InChI is InChI=1S/C18H17N3O2/c1-20-15-8-7-11(10-16(15)21(2)18(20)23)9-13-12-5-3-4-6-14(12)19-17(13)22/h3-8,10,13H,9H2,1-2H3,(H,19,22)/t13-/m0/s1. The molecule has 1 atom stereocenters. The van der Waals surface area contributed by atoms with E-state index in [9.17, 15) is 9.59 Å². The Kier molecular flexibility index (Phi) is 2.91. The van der Waals surface area contributed by atoms with E-state index in [2.05, 4.69) is 5.32 Å². The summed E-state index contributed by atoms with van der Waals surface area (Å²) in [6.45, 7) is 0. The molecule has 116 valence electrons. The third kappa shape index (κ3) is 2.00. The van der Waals surface area contributed by atoms with Crippen LogP contribution in [0.4, 0.5) is 5.69 Å². The number of nitrogens with zero attached hydrogens (tertiary/aromatic N) is 2. The number of aromatic nitrogens is 2. The third-order valence-corrected chi connectivity index (χ3v) is 4.69. The lowest BCUT2D eigenvalue weighted by atomic mass is 9.93. The van der Waals surface area contributed by atoms with Crippen LogP contribution in [0.2, 0.25) is 0 Å². The molecule has 0 aliphatic carbocycles. The molecule has 0 fully saturated rings. The van der Waals surface area contributed by atoms with Gasteiger partial charge in [0.1, 0.15) is 0 Å². The van der Waals surface area contributed by atoms with Crippen LogP contribution in [0, 0.1) is 0 Å². The van der Waals surface area contributed by atoms with E-state index in [0.717, 1.165) is 27.8 Å². The molecule has 2 heterocycles. The predicted octanol–water partition coefficient (Wildman–Crippen LogP) is 2.16. The fourth-order valence-corrected chi connectivity index (χ4v) is 3.39. The zero-order chi connectivity index (χ0) is 16.1. The second-order valence-corrected chi connectivity index (χ2v) is 6.06. The highest BCUT2D eigenvalue weighted by Crippen LogP contribution is 2.34. The van der Waals surface area contributed by atoms with Gasteiger partial charge in [0.05, 0.1) is 17.0 Å². The predicted molar refractivity (Wildman–Crippen MR) is 89.7 cm³/mol. The molecule has 5 heteroatoms. The lowest BCUT2D eigenvalue weighted by molar-refractivity contribution is -0.117. The van der Waals surface area contributed by atoms with Gasteiger partial charge in [0.15, 0.2) is 0 Å². The molecule has 0 radical (unpaired) electrons. The molecule has 0 bridgehead atoms. The van der Waals surface area contributed by atoms with Gasteiger partial charge in [-0.05, 0) is 35.7 Å². The maximum absolute atomic E-state index is 12.3. The molecule has 1 aliphatic rings. The van der Waals surface area contributed by atoms with Crippen molar-refractivity contribution in [2.24, 2.45) is 14.1 Å². The van der Waals surface area contributed by atoms with Gasteiger partial charge in [-0.1, -0.05) is 24.3 Å². The van der Waals surface area contributed by atoms with E-state index >= 15 is 0 Å². The maximum atomic E-state index is 12.3. The summed E-state index contributed by atoms with van der Waals surface area (Å²) in [5.74, 6) is -0.141. The number of carbonyl (C=O) groups is 1. The molecular weight excluding hydrogens is 290 g/mol. The first-order valence-electron chi connectivity index (χ1n) is 7.60. The van der Waals surface area contributed by atoms with Crippen LogP contribution in [-0.2, 0) is 25.3 Å². The van der Waals surface area contributed by atoms with Crippen LogP contribution in [0.3, 0.4) is 0 Å². The van der Waals surface area contributed by atoms with Crippen LogP contribution in [0.5, 0.6) is 0 Å². The molecule has 0 unspecified atom stereocenters. The van der Waals surface area contributed by atoms with Crippen LogP contribution in [0.15, 0.2) is 47.3 Å². The number of rotatable bonds is 2. The van der Waals surface area contributed by atoms with Gasteiger partial charge < -0.3 is 5.32 Å². The Labute approximate surface area is 133 Å². The summed E-state index contributed by atoms with van der Waals surface area (Å²) in [4.78, 5) is 24.3. The van der Waals surface area contributed by atoms with Gasteiger partial charge in [0.25, 0.3) is 0 Å². The van der Waals surface area contributed by atoms with Crippen molar-refractivity contribution in [2.75, 3.05) is 5.32 Å². The van der Waals surface area contributed by atoms with Gasteiger partial charge in [-0.2, -0.15) is 0 Å². The smallest absolute Gasteiger partial charge is 0.325 e. The number of hydrogen-bond acceptors (Lipinski definition) is 2. The number of benzene rings is 2. The number of amides is 1. The van der Waals surface area contributed by atoms with Gasteiger partial charge in [-0.25, -0.2) is 4.79 Å². The highest BCUT2D eigenvalue weighted by Gasteiger charge is 2.30. The van der Waals surface area contributed by atoms with E-state index in [1.165, 1.54) is 0 Å². The first-order valence-corrected chi connectivity index (χ1v) is 7.60. The summed E-state index contributed by atoms with van der Waals surface area (Å²) in [5, 5.41) is 2.93. The second-order valence-electron chi connectivity index (χ2n) is 6.06. The van der Waals surface area contributed by atoms with Crippen LogP contribution >= 0.6 is 0 Å². The highest BCUT2D eigenvalue weighted by atomic mass is 16.2. The van der Waals surface area contributed by atoms with E-state index in [0.29, 0.717) is 6.42 Å². The van der Waals surface area contributed by atoms with E-state index in [-0.39, 0.29) is 17.5 Å². The largest absolute Gasteiger partial charge is 0.328 e. The van der Waals surface area contributed by atoms with Gasteiger partial charge in [0, 0.05) is 19.8 Å². The van der Waals surface area contributed by atoms with Gasteiger partial charge in [-0.3, -0.25) is 13.9 Å². The van der Waals surface area contributed by atoms with Gasteiger partial charge >= 0.3 is 5.69 Å². The summed E-state index contributed by atoms with van der Waals surface area (Å²) in [7, 11) is 3.54. The third-order valence-electron chi connectivity index (χ3n) is 4.69. The topological polar surface area (TPSA) is 56.0 Å². The Bertz CT molecular complexity index is 997. The zero-order valence-corrected chi connectivity index (χ0v) is 13.0. The van der Waals surface area contributed by atoms with E-state index in [4.69, 9.17) is 0 Å². The van der Waals surface area contributed by atoms with Crippen molar-refractivity contribution >= 4 is 22.6 Å². The monoisotopic (exact) mass is 307 g/mol. The maximum Gasteiger partial charge on any atom is 0.328 e. The highest BCUT2D eigenvalue weighted by molar-refractivity contribution is 6.03. The number of imidazole rings is 1. The van der Waals surface area contributed by atoms with Crippen LogP contribution < -0.4 is 11.0 Å². The molecule has 1 aromatic heterocycles. The number of fused-ring (bicyclic) bond motifs is 2. The Balaban J connectivity index is 1.75. The molecule has 3 aromatic rings. The summed E-state index contributed by atoms with van der Waals surface area (Å²) in [6, 6.07) is 13.8. The SMILES string of the molecule is Cn1c(=O)n(C)c2cc(C[C@@H]3C(=O)Nc4ccccc43)ccc21. The average molecular weight is 307 g/mol. The minimum Gasteiger partial charge on any atom is -0.325 e. The first-order chi connectivity index (χ1) is 11.1. The molecular formula is C18H17N3O2. The Morgan fingerprint density at radius 1 is 1.00 bits per heavy atom. The Hall–Kier alpha value is -2.82. The summed E-state index contributed by atoms with van der Waals surface area (Å²) in [6.07, 6.45) is 0.627. The van der Waals surface area contributed by atoms with Gasteiger partial charge in [-0.15, -0.1) is 0 Å². The van der Waals surface area contributed by atoms with Crippen molar-refractivity contribution in [1.82, 2.24) is 9.13 Å². The number of para-hydroxylation sites is 1. The second kappa shape index (κ2) is 4.84. The number of anilines is 1. The first kappa shape index (κ1) is 13.8. The summed E-state index contributed by atoms with van der Waals surface area (Å²) >= 11 is 0. The van der Waals surface area contributed by atoms with Crippen molar-refractivity contribution in [1.29, 1.82) is 0 Å². The van der Waals surface area contributed by atoms with Crippen molar-refractivity contribution in [3.05, 3.63) is 64.1 Å². The van der Waals surface area contributed by atoms with Crippen molar-refractivity contribution < 1.29 is 4.79 Å². The van der Waals surface area contributed by atoms with Crippen LogP contribution in [-0.4, -0.2) is 15.0 Å². The normalized spacial score (nSPS) is 16.6. The van der Waals surface area contributed by atoms with Crippen molar-refractivity contribution in [3.8, 4) is 0 Å². The summed E-state index contributed by atoms with van der Waals surface area (Å²) < 4.78 is 3.28. The molecule has 23 heavy (non-hydrogen) atoms. The molecule has 1 amide bonds. The average Bonchev–Trinajstić information content (AvgIpc) is 2.98. The quantitative estimate of drug-likeness (QED) is 0.789. The zero-order valence-electron chi connectivity index (χ0n) is 13.0. The molecule has 0 saturated carbocycles. The fraction of sp³-hybridized carbons (Fsp3) is 0.222. The fourth-order valence-electron chi connectivity index (χ4n) is 3.39.